The number of carbonyl (C=O) groups is 4. The number of ether oxygens (including phenoxy) is 1. The first-order valence-electron chi connectivity index (χ1n) is 16.5. The smallest absolute Gasteiger partial charge is 0.336 e. The fourth-order valence-electron chi connectivity index (χ4n) is 6.35. The molecule has 53 heavy (non-hydrogen) atoms. The van der Waals surface area contributed by atoms with Gasteiger partial charge in [-0.25, -0.2) is 22.7 Å². The Morgan fingerprint density at radius 3 is 2.17 bits per heavy atom. The SMILES string of the molecule is Cc1ccc(S(=O)(=O)NC(=O)c2cc(C(=O)N(Cc3cccc(Oc4ccccc4)c3)[C@H]3CCCc4ccccc43)c(C(=O)O)cc2C(=O)O)cc1Cl. The van der Waals surface area contributed by atoms with Crippen molar-refractivity contribution in [1.29, 1.82) is 0 Å². The van der Waals surface area contributed by atoms with E-state index in [0.717, 1.165) is 36.1 Å². The van der Waals surface area contributed by atoms with Crippen molar-refractivity contribution in [2.45, 2.75) is 43.7 Å². The standard InChI is InChI=1S/C40H33ClN2O9S/c1-24-17-18-29(20-35(24)41)53(50,51)42-37(44)31-21-32(34(40(48)49)22-33(31)39(46)47)38(45)43(36-16-8-11-26-10-5-6-15-30(26)36)23-25-9-7-14-28(19-25)52-27-12-3-2-4-13-27/h2-7,9-10,12-15,17-22,36H,8,11,16,23H2,1H3,(H,42,44)(H,46,47)(H,48,49)/t36-/m0/s1. The number of nitrogens with one attached hydrogen (secondary N) is 1. The van der Waals surface area contributed by atoms with Crippen LogP contribution in [-0.4, -0.2) is 47.3 Å². The molecule has 0 spiro atoms. The molecular weight excluding hydrogens is 720 g/mol. The van der Waals surface area contributed by atoms with Gasteiger partial charge in [0.15, 0.2) is 0 Å². The van der Waals surface area contributed by atoms with E-state index in [4.69, 9.17) is 16.3 Å². The van der Waals surface area contributed by atoms with Crippen molar-refractivity contribution in [3.63, 3.8) is 0 Å². The van der Waals surface area contributed by atoms with Gasteiger partial charge in [-0.2, -0.15) is 0 Å². The van der Waals surface area contributed by atoms with E-state index in [1.54, 1.807) is 43.3 Å². The second-order valence-electron chi connectivity index (χ2n) is 12.5. The normalized spacial score (nSPS) is 13.7. The molecule has 3 N–H and O–H groups in total. The maximum Gasteiger partial charge on any atom is 0.336 e. The Bertz CT molecular complexity index is 2360. The zero-order chi connectivity index (χ0) is 37.9. The van der Waals surface area contributed by atoms with Gasteiger partial charge in [-0.1, -0.05) is 72.3 Å². The number of sulfonamides is 1. The van der Waals surface area contributed by atoms with E-state index in [-0.39, 0.29) is 16.5 Å². The molecular formula is C40H33ClN2O9S. The lowest BCUT2D eigenvalue weighted by Crippen LogP contribution is -2.38. The Balaban J connectivity index is 1.44. The van der Waals surface area contributed by atoms with Gasteiger partial charge in [0, 0.05) is 11.6 Å². The summed E-state index contributed by atoms with van der Waals surface area (Å²) in [5, 5.41) is 20.4. The average Bonchev–Trinajstić information content (AvgIpc) is 3.14. The summed E-state index contributed by atoms with van der Waals surface area (Å²) >= 11 is 6.11. The highest BCUT2D eigenvalue weighted by Gasteiger charge is 2.34. The topological polar surface area (TPSA) is 167 Å². The largest absolute Gasteiger partial charge is 0.478 e. The van der Waals surface area contributed by atoms with E-state index in [1.165, 1.54) is 17.0 Å². The van der Waals surface area contributed by atoms with Crippen LogP contribution in [0.1, 0.15) is 82.6 Å². The Morgan fingerprint density at radius 2 is 1.45 bits per heavy atom. The third-order valence-electron chi connectivity index (χ3n) is 8.98. The van der Waals surface area contributed by atoms with Gasteiger partial charge in [-0.3, -0.25) is 9.59 Å². The molecule has 1 aliphatic carbocycles. The number of rotatable bonds is 11. The highest BCUT2D eigenvalue weighted by atomic mass is 35.5. The molecule has 0 saturated carbocycles. The van der Waals surface area contributed by atoms with Crippen LogP contribution in [0, 0.1) is 6.92 Å². The van der Waals surface area contributed by atoms with Gasteiger partial charge in [0.2, 0.25) is 0 Å². The Labute approximate surface area is 310 Å². The molecule has 0 saturated heterocycles. The number of aryl methyl sites for hydroxylation is 2. The van der Waals surface area contributed by atoms with Crippen LogP contribution in [0.3, 0.4) is 0 Å². The number of nitrogens with zero attached hydrogens (tertiary/aromatic N) is 1. The van der Waals surface area contributed by atoms with Gasteiger partial charge in [0.1, 0.15) is 11.5 Å². The van der Waals surface area contributed by atoms with Crippen LogP contribution in [0.5, 0.6) is 11.5 Å². The number of hydrogen-bond donors (Lipinski definition) is 3. The first kappa shape index (κ1) is 36.8. The Hall–Kier alpha value is -5.98. The minimum absolute atomic E-state index is 0.0202. The van der Waals surface area contributed by atoms with Crippen molar-refractivity contribution < 1.29 is 42.5 Å². The third kappa shape index (κ3) is 8.09. The molecule has 11 nitrogen and oxygen atoms in total. The molecule has 270 valence electrons. The fourth-order valence-corrected chi connectivity index (χ4v) is 7.59. The number of carboxylic acids is 2. The van der Waals surface area contributed by atoms with E-state index < -0.39 is 62.1 Å². The number of benzene rings is 5. The van der Waals surface area contributed by atoms with E-state index in [2.05, 4.69) is 0 Å². The average molecular weight is 753 g/mol. The number of carboxylic acid groups (broad SMARTS) is 2. The van der Waals surface area contributed by atoms with Crippen LogP contribution in [-0.2, 0) is 23.0 Å². The number of carbonyl (C=O) groups excluding carboxylic acids is 2. The predicted molar refractivity (Wildman–Crippen MR) is 196 cm³/mol. The fraction of sp³-hybridized carbons (Fsp3) is 0.150. The second-order valence-corrected chi connectivity index (χ2v) is 14.6. The lowest BCUT2D eigenvalue weighted by molar-refractivity contribution is 0.0613. The highest BCUT2D eigenvalue weighted by Crippen LogP contribution is 2.37. The monoisotopic (exact) mass is 752 g/mol. The zero-order valence-corrected chi connectivity index (χ0v) is 29.9. The van der Waals surface area contributed by atoms with E-state index in [0.29, 0.717) is 35.1 Å². The summed E-state index contributed by atoms with van der Waals surface area (Å²) in [5.74, 6) is -4.42. The molecule has 0 bridgehead atoms. The van der Waals surface area contributed by atoms with Crippen molar-refractivity contribution in [3.8, 4) is 11.5 Å². The molecule has 13 heteroatoms. The molecule has 5 aromatic rings. The van der Waals surface area contributed by atoms with Gasteiger partial charge < -0.3 is 19.8 Å². The van der Waals surface area contributed by atoms with Gasteiger partial charge in [-0.15, -0.1) is 0 Å². The summed E-state index contributed by atoms with van der Waals surface area (Å²) in [6, 6.07) is 28.6. The zero-order valence-electron chi connectivity index (χ0n) is 28.3. The van der Waals surface area contributed by atoms with Gasteiger partial charge in [-0.05, 0) is 97.0 Å². The lowest BCUT2D eigenvalue weighted by Gasteiger charge is -2.36. The van der Waals surface area contributed by atoms with E-state index in [1.807, 2.05) is 47.2 Å². The van der Waals surface area contributed by atoms with Gasteiger partial charge in [0.25, 0.3) is 21.8 Å². The van der Waals surface area contributed by atoms with Gasteiger partial charge in [0.05, 0.1) is 33.2 Å². The third-order valence-corrected chi connectivity index (χ3v) is 10.7. The van der Waals surface area contributed by atoms with Crippen LogP contribution in [0.25, 0.3) is 0 Å². The number of fused-ring (bicyclic) bond motifs is 1. The molecule has 0 aliphatic heterocycles. The van der Waals surface area contributed by atoms with Crippen LogP contribution >= 0.6 is 11.6 Å². The molecule has 6 rings (SSSR count). The minimum Gasteiger partial charge on any atom is -0.478 e. The molecule has 1 aliphatic rings. The highest BCUT2D eigenvalue weighted by molar-refractivity contribution is 7.90. The summed E-state index contributed by atoms with van der Waals surface area (Å²) in [4.78, 5) is 54.6. The number of halogens is 1. The van der Waals surface area contributed by atoms with Crippen LogP contribution in [0.15, 0.2) is 114 Å². The maximum absolute atomic E-state index is 14.8. The summed E-state index contributed by atoms with van der Waals surface area (Å²) in [5.41, 5.74) is 0.402. The molecule has 0 heterocycles. The number of hydrogen-bond acceptors (Lipinski definition) is 7. The molecule has 1 atom stereocenters. The molecule has 2 amide bonds. The Kier molecular flexibility index (Phi) is 10.6. The predicted octanol–water partition coefficient (Wildman–Crippen LogP) is 7.68. The molecule has 0 radical (unpaired) electrons. The molecule has 0 aromatic heterocycles. The van der Waals surface area contributed by atoms with Crippen molar-refractivity contribution in [3.05, 3.63) is 159 Å². The lowest BCUT2D eigenvalue weighted by atomic mass is 9.86. The maximum atomic E-state index is 14.8. The first-order chi connectivity index (χ1) is 25.3. The summed E-state index contributed by atoms with van der Waals surface area (Å²) in [6.45, 7) is 1.64. The van der Waals surface area contributed by atoms with Crippen molar-refractivity contribution in [2.75, 3.05) is 0 Å². The quantitative estimate of drug-likeness (QED) is 0.123. The van der Waals surface area contributed by atoms with Crippen molar-refractivity contribution in [2.24, 2.45) is 0 Å². The van der Waals surface area contributed by atoms with E-state index >= 15 is 0 Å². The van der Waals surface area contributed by atoms with Crippen molar-refractivity contribution >= 4 is 45.4 Å². The second kappa shape index (κ2) is 15.3. The molecule has 0 fully saturated rings. The Morgan fingerprint density at radius 1 is 0.792 bits per heavy atom. The van der Waals surface area contributed by atoms with Gasteiger partial charge >= 0.3 is 11.9 Å². The first-order valence-corrected chi connectivity index (χ1v) is 18.4. The van der Waals surface area contributed by atoms with Crippen LogP contribution in [0.2, 0.25) is 5.02 Å². The van der Waals surface area contributed by atoms with Crippen LogP contribution < -0.4 is 9.46 Å². The minimum atomic E-state index is -4.58. The number of amides is 2. The molecule has 5 aromatic carbocycles. The van der Waals surface area contributed by atoms with Crippen molar-refractivity contribution in [1.82, 2.24) is 9.62 Å². The summed E-state index contributed by atoms with van der Waals surface area (Å²) in [7, 11) is -4.58. The summed E-state index contributed by atoms with van der Waals surface area (Å²) in [6.07, 6.45) is 2.03. The number of aromatic carboxylic acids is 2. The number of para-hydroxylation sites is 1. The molecule has 0 unspecified atom stereocenters. The summed E-state index contributed by atoms with van der Waals surface area (Å²) < 4.78 is 34.3. The van der Waals surface area contributed by atoms with Crippen LogP contribution in [0.4, 0.5) is 0 Å². The van der Waals surface area contributed by atoms with E-state index in [9.17, 15) is 37.8 Å².